The van der Waals surface area contributed by atoms with E-state index in [4.69, 9.17) is 5.11 Å². The highest BCUT2D eigenvalue weighted by molar-refractivity contribution is 6.10. The molecule has 2 aromatic heterocycles. The van der Waals surface area contributed by atoms with Crippen molar-refractivity contribution >= 4 is 22.8 Å². The fourth-order valence-electron chi connectivity index (χ4n) is 5.06. The van der Waals surface area contributed by atoms with Crippen molar-refractivity contribution in [2.24, 2.45) is 5.92 Å². The van der Waals surface area contributed by atoms with Crippen LogP contribution in [0.4, 0.5) is 0 Å². The van der Waals surface area contributed by atoms with Gasteiger partial charge in [-0.2, -0.15) is 0 Å². The van der Waals surface area contributed by atoms with Crippen molar-refractivity contribution in [3.63, 3.8) is 0 Å². The number of carboxylic acids is 1. The average Bonchev–Trinajstić information content (AvgIpc) is 3.36. The molecule has 1 aliphatic carbocycles. The van der Waals surface area contributed by atoms with Crippen LogP contribution >= 0.6 is 0 Å². The fraction of sp³-hybridized carbons (Fsp3) is 0.296. The van der Waals surface area contributed by atoms with Crippen molar-refractivity contribution in [3.8, 4) is 11.1 Å². The summed E-state index contributed by atoms with van der Waals surface area (Å²) in [5.74, 6) is -0.154. The third-order valence-corrected chi connectivity index (χ3v) is 6.86. The van der Waals surface area contributed by atoms with Crippen LogP contribution in [-0.2, 0) is 4.79 Å². The summed E-state index contributed by atoms with van der Waals surface area (Å²) in [6.45, 7) is 1.88. The van der Waals surface area contributed by atoms with Crippen LogP contribution in [0.5, 0.6) is 0 Å². The van der Waals surface area contributed by atoms with Crippen LogP contribution in [0, 0.1) is 12.8 Å². The number of aryl methyl sites for hydroxylation is 1. The minimum atomic E-state index is -0.693. The maximum atomic E-state index is 12.8. The standard InChI is InChI=1S/C27H27N5O3/c1-17-12-24(27(35)31-32-15-28-29-16-32)23-11-10-22(14-25(23)30-17)21-8-6-20(7-9-21)19-4-2-18(3-5-19)13-26(33)34/h6-12,14-16,18-19H,2-5,13H2,1H3,(H,31,35)(H,33,34)/t18-,19-. The van der Waals surface area contributed by atoms with Gasteiger partial charge in [-0.05, 0) is 73.3 Å². The van der Waals surface area contributed by atoms with Crippen molar-refractivity contribution < 1.29 is 14.7 Å². The molecule has 0 unspecified atom stereocenters. The molecule has 4 aromatic rings. The van der Waals surface area contributed by atoms with Gasteiger partial charge in [0, 0.05) is 17.5 Å². The van der Waals surface area contributed by atoms with E-state index < -0.39 is 5.97 Å². The first-order valence-corrected chi connectivity index (χ1v) is 11.9. The van der Waals surface area contributed by atoms with Gasteiger partial charge >= 0.3 is 5.97 Å². The maximum absolute atomic E-state index is 12.8. The van der Waals surface area contributed by atoms with Gasteiger partial charge in [0.15, 0.2) is 0 Å². The molecular weight excluding hydrogens is 442 g/mol. The number of nitrogens with one attached hydrogen (secondary N) is 1. The molecule has 0 atom stereocenters. The van der Waals surface area contributed by atoms with Crippen LogP contribution in [0.25, 0.3) is 22.0 Å². The van der Waals surface area contributed by atoms with E-state index in [0.29, 0.717) is 17.4 Å². The van der Waals surface area contributed by atoms with Gasteiger partial charge in [0.2, 0.25) is 0 Å². The summed E-state index contributed by atoms with van der Waals surface area (Å²) in [5.41, 5.74) is 8.26. The highest BCUT2D eigenvalue weighted by Gasteiger charge is 2.24. The number of amides is 1. The molecule has 1 aliphatic rings. The predicted octanol–water partition coefficient (Wildman–Crippen LogP) is 4.93. The molecule has 0 bridgehead atoms. The molecule has 2 heterocycles. The maximum Gasteiger partial charge on any atom is 0.303 e. The number of benzene rings is 2. The largest absolute Gasteiger partial charge is 0.481 e. The first kappa shape index (κ1) is 22.7. The lowest BCUT2D eigenvalue weighted by Crippen LogP contribution is -2.22. The molecular formula is C27H27N5O3. The van der Waals surface area contributed by atoms with E-state index in [1.54, 1.807) is 6.07 Å². The quantitative estimate of drug-likeness (QED) is 0.414. The van der Waals surface area contributed by atoms with E-state index in [0.717, 1.165) is 53.4 Å². The Labute approximate surface area is 203 Å². The summed E-state index contributed by atoms with van der Waals surface area (Å²) in [6.07, 6.45) is 7.16. The Morgan fingerprint density at radius 3 is 2.34 bits per heavy atom. The Kier molecular flexibility index (Phi) is 6.27. The van der Waals surface area contributed by atoms with Gasteiger partial charge in [0.25, 0.3) is 5.91 Å². The number of rotatable bonds is 6. The lowest BCUT2D eigenvalue weighted by molar-refractivity contribution is -0.138. The zero-order valence-corrected chi connectivity index (χ0v) is 19.5. The third kappa shape index (κ3) is 5.06. The Morgan fingerprint density at radius 1 is 0.971 bits per heavy atom. The lowest BCUT2D eigenvalue weighted by Gasteiger charge is -2.28. The van der Waals surface area contributed by atoms with E-state index in [1.807, 2.05) is 25.1 Å². The number of aliphatic carboxylic acids is 1. The van der Waals surface area contributed by atoms with Crippen LogP contribution in [-0.4, -0.2) is 36.8 Å². The zero-order valence-electron chi connectivity index (χ0n) is 19.5. The van der Waals surface area contributed by atoms with E-state index >= 15 is 0 Å². The van der Waals surface area contributed by atoms with Gasteiger partial charge < -0.3 is 5.11 Å². The minimum Gasteiger partial charge on any atom is -0.481 e. The van der Waals surface area contributed by atoms with Crippen molar-refractivity contribution in [2.45, 2.75) is 44.9 Å². The molecule has 0 spiro atoms. The van der Waals surface area contributed by atoms with E-state index in [-0.39, 0.29) is 12.3 Å². The molecule has 178 valence electrons. The van der Waals surface area contributed by atoms with Crippen LogP contribution in [0.1, 0.15) is 59.6 Å². The number of pyridine rings is 1. The first-order chi connectivity index (χ1) is 17.0. The second-order valence-electron chi connectivity index (χ2n) is 9.29. The molecule has 2 N–H and O–H groups in total. The number of nitrogens with zero attached hydrogens (tertiary/aromatic N) is 4. The molecule has 1 fully saturated rings. The monoisotopic (exact) mass is 469 g/mol. The number of hydrogen-bond donors (Lipinski definition) is 2. The van der Waals surface area contributed by atoms with E-state index in [2.05, 4.69) is 44.9 Å². The van der Waals surface area contributed by atoms with Crippen LogP contribution in [0.2, 0.25) is 0 Å². The van der Waals surface area contributed by atoms with Gasteiger partial charge in [-0.25, -0.2) is 4.68 Å². The minimum absolute atomic E-state index is 0.254. The van der Waals surface area contributed by atoms with Gasteiger partial charge in [-0.15, -0.1) is 10.2 Å². The fourth-order valence-corrected chi connectivity index (χ4v) is 5.06. The van der Waals surface area contributed by atoms with Gasteiger partial charge in [-0.1, -0.05) is 36.4 Å². The summed E-state index contributed by atoms with van der Waals surface area (Å²) >= 11 is 0. The summed E-state index contributed by atoms with van der Waals surface area (Å²) < 4.78 is 1.42. The zero-order chi connectivity index (χ0) is 24.4. The SMILES string of the molecule is Cc1cc(C(=O)Nn2cnnc2)c2ccc(-c3ccc([C@H]4CC[C@H](CC(=O)O)CC4)cc3)cc2n1. The molecule has 8 nitrogen and oxygen atoms in total. The Balaban J connectivity index is 1.35. The smallest absolute Gasteiger partial charge is 0.303 e. The molecule has 1 amide bonds. The van der Waals surface area contributed by atoms with Crippen LogP contribution in [0.3, 0.4) is 0 Å². The second kappa shape index (κ2) is 9.66. The molecule has 1 saturated carbocycles. The second-order valence-corrected chi connectivity index (χ2v) is 9.29. The highest BCUT2D eigenvalue weighted by Crippen LogP contribution is 2.37. The Hall–Kier alpha value is -4.07. The number of carbonyl (C=O) groups excluding carboxylic acids is 1. The Bertz CT molecular complexity index is 1360. The van der Waals surface area contributed by atoms with Gasteiger partial charge in [0.1, 0.15) is 12.7 Å². The van der Waals surface area contributed by atoms with Gasteiger partial charge in [0.05, 0.1) is 11.1 Å². The summed E-state index contributed by atoms with van der Waals surface area (Å²) in [6, 6.07) is 16.4. The lowest BCUT2D eigenvalue weighted by atomic mass is 9.77. The molecule has 0 saturated heterocycles. The van der Waals surface area contributed by atoms with Crippen LogP contribution < -0.4 is 5.43 Å². The molecule has 0 aliphatic heterocycles. The number of hydrogen-bond acceptors (Lipinski definition) is 5. The summed E-state index contributed by atoms with van der Waals surface area (Å²) in [5, 5.41) is 17.2. The molecule has 35 heavy (non-hydrogen) atoms. The van der Waals surface area contributed by atoms with Crippen molar-refractivity contribution in [2.75, 3.05) is 5.43 Å². The van der Waals surface area contributed by atoms with Crippen LogP contribution in [0.15, 0.2) is 61.2 Å². The normalized spacial score (nSPS) is 17.9. The molecule has 0 radical (unpaired) electrons. The number of fused-ring (bicyclic) bond motifs is 1. The molecule has 2 aromatic carbocycles. The first-order valence-electron chi connectivity index (χ1n) is 11.9. The third-order valence-electron chi connectivity index (χ3n) is 6.86. The molecule has 8 heteroatoms. The van der Waals surface area contributed by atoms with E-state index in [1.165, 1.54) is 22.9 Å². The highest BCUT2D eigenvalue weighted by atomic mass is 16.4. The van der Waals surface area contributed by atoms with E-state index in [9.17, 15) is 9.59 Å². The van der Waals surface area contributed by atoms with Crippen molar-refractivity contribution in [1.82, 2.24) is 19.9 Å². The molecule has 5 rings (SSSR count). The topological polar surface area (TPSA) is 110 Å². The predicted molar refractivity (Wildman–Crippen MR) is 133 cm³/mol. The van der Waals surface area contributed by atoms with Crippen molar-refractivity contribution in [1.29, 1.82) is 0 Å². The van der Waals surface area contributed by atoms with Gasteiger partial charge in [-0.3, -0.25) is 20.0 Å². The van der Waals surface area contributed by atoms with Crippen molar-refractivity contribution in [3.05, 3.63) is 78.0 Å². The Morgan fingerprint density at radius 2 is 1.66 bits per heavy atom. The number of carbonyl (C=O) groups is 2. The number of aromatic nitrogens is 4. The average molecular weight is 470 g/mol. The summed E-state index contributed by atoms with van der Waals surface area (Å²) in [4.78, 5) is 28.5. The summed E-state index contributed by atoms with van der Waals surface area (Å²) in [7, 11) is 0. The number of carboxylic acid groups (broad SMARTS) is 1.